The molecule has 4 rings (SSSR count). The van der Waals surface area contributed by atoms with E-state index in [1.807, 2.05) is 24.3 Å². The topological polar surface area (TPSA) is 36.4 Å². The third-order valence-electron chi connectivity index (χ3n) is 5.95. The van der Waals surface area contributed by atoms with E-state index in [0.717, 1.165) is 50.5 Å². The molecule has 0 N–H and O–H groups in total. The highest BCUT2D eigenvalue weighted by Gasteiger charge is 2.33. The molecule has 5 heteroatoms. The predicted octanol–water partition coefficient (Wildman–Crippen LogP) is 4.29. The van der Waals surface area contributed by atoms with E-state index in [4.69, 9.17) is 11.6 Å². The van der Waals surface area contributed by atoms with Gasteiger partial charge < -0.3 is 9.80 Å². The van der Waals surface area contributed by atoms with E-state index in [1.54, 1.807) is 12.4 Å². The Hall–Kier alpha value is -1.91. The molecule has 1 amide bonds. The third-order valence-corrected chi connectivity index (χ3v) is 6.20. The van der Waals surface area contributed by atoms with Gasteiger partial charge in [-0.05, 0) is 67.9 Å². The largest absolute Gasteiger partial charge is 0.335 e. The Bertz CT molecular complexity index is 768. The van der Waals surface area contributed by atoms with Crippen LogP contribution in [0.5, 0.6) is 0 Å². The molecule has 28 heavy (non-hydrogen) atoms. The average Bonchev–Trinajstić information content (AvgIpc) is 3.57. The standard InChI is InChI=1S/C23H28ClN3O/c24-21-7-5-18(6-8-21)9-13-26-14-10-22(11-15-26)27(17-19-3-4-19)23(28)20-2-1-12-25-16-20/h1-2,5-8,12,16,19,22H,3-4,9-11,13-15,17H2. The lowest BCUT2D eigenvalue weighted by molar-refractivity contribution is 0.0559. The number of likely N-dealkylation sites (tertiary alicyclic amines) is 1. The van der Waals surface area contributed by atoms with E-state index in [-0.39, 0.29) is 5.91 Å². The molecule has 0 spiro atoms. The molecule has 1 saturated carbocycles. The van der Waals surface area contributed by atoms with Crippen molar-refractivity contribution in [1.82, 2.24) is 14.8 Å². The number of aromatic nitrogens is 1. The number of benzene rings is 1. The molecule has 2 aromatic rings. The van der Waals surface area contributed by atoms with Gasteiger partial charge in [0.05, 0.1) is 5.56 Å². The van der Waals surface area contributed by atoms with Gasteiger partial charge in [0.2, 0.25) is 0 Å². The van der Waals surface area contributed by atoms with Crippen molar-refractivity contribution < 1.29 is 4.79 Å². The maximum Gasteiger partial charge on any atom is 0.255 e. The highest BCUT2D eigenvalue weighted by Crippen LogP contribution is 2.32. The highest BCUT2D eigenvalue weighted by molar-refractivity contribution is 6.30. The van der Waals surface area contributed by atoms with Crippen LogP contribution in [-0.2, 0) is 6.42 Å². The van der Waals surface area contributed by atoms with E-state index in [9.17, 15) is 4.79 Å². The van der Waals surface area contributed by atoms with Gasteiger partial charge in [0, 0.05) is 49.6 Å². The van der Waals surface area contributed by atoms with Crippen LogP contribution in [0, 0.1) is 5.92 Å². The zero-order chi connectivity index (χ0) is 19.3. The summed E-state index contributed by atoms with van der Waals surface area (Å²) >= 11 is 5.97. The van der Waals surface area contributed by atoms with Crippen molar-refractivity contribution in [3.63, 3.8) is 0 Å². The summed E-state index contributed by atoms with van der Waals surface area (Å²) in [6, 6.07) is 12.2. The number of rotatable bonds is 7. The summed E-state index contributed by atoms with van der Waals surface area (Å²) in [7, 11) is 0. The summed E-state index contributed by atoms with van der Waals surface area (Å²) in [5, 5.41) is 0.790. The van der Waals surface area contributed by atoms with Crippen LogP contribution in [-0.4, -0.2) is 52.9 Å². The van der Waals surface area contributed by atoms with Gasteiger partial charge in [0.25, 0.3) is 5.91 Å². The molecule has 2 aliphatic rings. The van der Waals surface area contributed by atoms with E-state index in [1.165, 1.54) is 18.4 Å². The number of carbonyl (C=O) groups is 1. The van der Waals surface area contributed by atoms with E-state index < -0.39 is 0 Å². The van der Waals surface area contributed by atoms with Crippen LogP contribution in [0.3, 0.4) is 0 Å². The summed E-state index contributed by atoms with van der Waals surface area (Å²) in [4.78, 5) is 21.9. The molecule has 0 unspecified atom stereocenters. The smallest absolute Gasteiger partial charge is 0.255 e. The molecular weight excluding hydrogens is 370 g/mol. The number of carbonyl (C=O) groups excluding carboxylic acids is 1. The first-order chi connectivity index (χ1) is 13.7. The molecule has 1 aliphatic carbocycles. The minimum Gasteiger partial charge on any atom is -0.335 e. The number of amides is 1. The number of piperidine rings is 1. The van der Waals surface area contributed by atoms with Crippen molar-refractivity contribution in [3.8, 4) is 0 Å². The second-order valence-electron chi connectivity index (χ2n) is 8.09. The van der Waals surface area contributed by atoms with Gasteiger partial charge in [-0.3, -0.25) is 9.78 Å². The molecule has 0 bridgehead atoms. The van der Waals surface area contributed by atoms with Crippen LogP contribution in [0.2, 0.25) is 5.02 Å². The molecule has 1 aliphatic heterocycles. The van der Waals surface area contributed by atoms with Crippen LogP contribution in [0.1, 0.15) is 41.6 Å². The summed E-state index contributed by atoms with van der Waals surface area (Å²) in [5.74, 6) is 0.850. The van der Waals surface area contributed by atoms with Gasteiger partial charge >= 0.3 is 0 Å². The third kappa shape index (κ3) is 5.12. The summed E-state index contributed by atoms with van der Waals surface area (Å²) in [6.45, 7) is 4.08. The van der Waals surface area contributed by atoms with Gasteiger partial charge in [0.1, 0.15) is 0 Å². The van der Waals surface area contributed by atoms with Crippen LogP contribution in [0.25, 0.3) is 0 Å². The van der Waals surface area contributed by atoms with Gasteiger partial charge in [-0.25, -0.2) is 0 Å². The Balaban J connectivity index is 1.32. The summed E-state index contributed by atoms with van der Waals surface area (Å²) < 4.78 is 0. The van der Waals surface area contributed by atoms with Crippen LogP contribution in [0.4, 0.5) is 0 Å². The van der Waals surface area contributed by atoms with Crippen molar-refractivity contribution in [2.24, 2.45) is 5.92 Å². The second kappa shape index (κ2) is 9.06. The van der Waals surface area contributed by atoms with Gasteiger partial charge in [-0.1, -0.05) is 23.7 Å². The zero-order valence-electron chi connectivity index (χ0n) is 16.3. The van der Waals surface area contributed by atoms with Gasteiger partial charge in [0.15, 0.2) is 0 Å². The lowest BCUT2D eigenvalue weighted by Crippen LogP contribution is -2.48. The quantitative estimate of drug-likeness (QED) is 0.699. The van der Waals surface area contributed by atoms with Crippen LogP contribution in [0.15, 0.2) is 48.8 Å². The Labute approximate surface area is 172 Å². The fourth-order valence-electron chi connectivity index (χ4n) is 4.02. The van der Waals surface area contributed by atoms with E-state index >= 15 is 0 Å². The van der Waals surface area contributed by atoms with Crippen molar-refractivity contribution in [3.05, 3.63) is 64.9 Å². The number of nitrogens with zero attached hydrogens (tertiary/aromatic N) is 3. The number of hydrogen-bond donors (Lipinski definition) is 0. The lowest BCUT2D eigenvalue weighted by atomic mass is 10.0. The normalized spacial score (nSPS) is 18.2. The molecule has 2 fully saturated rings. The molecule has 148 valence electrons. The van der Waals surface area contributed by atoms with Crippen LogP contribution < -0.4 is 0 Å². The number of halogens is 1. The predicted molar refractivity (Wildman–Crippen MR) is 113 cm³/mol. The van der Waals surface area contributed by atoms with Gasteiger partial charge in [-0.15, -0.1) is 0 Å². The Morgan fingerprint density at radius 3 is 2.50 bits per heavy atom. The first-order valence-electron chi connectivity index (χ1n) is 10.4. The van der Waals surface area contributed by atoms with Crippen molar-refractivity contribution in [1.29, 1.82) is 0 Å². The SMILES string of the molecule is O=C(c1cccnc1)N(CC1CC1)C1CCN(CCc2ccc(Cl)cc2)CC1. The minimum atomic E-state index is 0.152. The summed E-state index contributed by atoms with van der Waals surface area (Å²) in [6.07, 6.45) is 9.10. The van der Waals surface area contributed by atoms with Gasteiger partial charge in [-0.2, -0.15) is 0 Å². The summed E-state index contributed by atoms with van der Waals surface area (Å²) in [5.41, 5.74) is 2.04. The zero-order valence-corrected chi connectivity index (χ0v) is 17.0. The molecule has 0 atom stereocenters. The number of pyridine rings is 1. The van der Waals surface area contributed by atoms with Crippen molar-refractivity contribution in [2.75, 3.05) is 26.2 Å². The average molecular weight is 398 g/mol. The molecule has 1 aromatic heterocycles. The molecule has 4 nitrogen and oxygen atoms in total. The van der Waals surface area contributed by atoms with Crippen molar-refractivity contribution in [2.45, 2.75) is 38.1 Å². The molecule has 2 heterocycles. The molecule has 0 radical (unpaired) electrons. The Kier molecular flexibility index (Phi) is 6.28. The fourth-order valence-corrected chi connectivity index (χ4v) is 4.15. The molecule has 1 aromatic carbocycles. The minimum absolute atomic E-state index is 0.152. The van der Waals surface area contributed by atoms with E-state index in [0.29, 0.717) is 17.5 Å². The Morgan fingerprint density at radius 1 is 1.11 bits per heavy atom. The number of hydrogen-bond acceptors (Lipinski definition) is 3. The highest BCUT2D eigenvalue weighted by atomic mass is 35.5. The maximum absolute atomic E-state index is 13.1. The maximum atomic E-state index is 13.1. The fraction of sp³-hybridized carbons (Fsp3) is 0.478. The van der Waals surface area contributed by atoms with Crippen LogP contribution >= 0.6 is 11.6 Å². The first kappa shape index (κ1) is 19.4. The molecular formula is C23H28ClN3O. The Morgan fingerprint density at radius 2 is 1.86 bits per heavy atom. The lowest BCUT2D eigenvalue weighted by Gasteiger charge is -2.39. The second-order valence-corrected chi connectivity index (χ2v) is 8.53. The monoisotopic (exact) mass is 397 g/mol. The molecule has 1 saturated heterocycles. The first-order valence-corrected chi connectivity index (χ1v) is 10.7. The van der Waals surface area contributed by atoms with Crippen molar-refractivity contribution >= 4 is 17.5 Å². The van der Waals surface area contributed by atoms with E-state index in [2.05, 4.69) is 26.9 Å².